The summed E-state index contributed by atoms with van der Waals surface area (Å²) in [7, 11) is 0. The van der Waals surface area contributed by atoms with Crippen LogP contribution in [-0.4, -0.2) is 22.5 Å². The van der Waals surface area contributed by atoms with E-state index < -0.39 is 12.1 Å². The van der Waals surface area contributed by atoms with Crippen molar-refractivity contribution in [2.24, 2.45) is 0 Å². The summed E-state index contributed by atoms with van der Waals surface area (Å²) in [6.07, 6.45) is 1.43. The van der Waals surface area contributed by atoms with Crippen LogP contribution in [0.15, 0.2) is 18.2 Å². The first-order valence-corrected chi connectivity index (χ1v) is 9.47. The summed E-state index contributed by atoms with van der Waals surface area (Å²) in [5, 5.41) is 2.90. The number of carbonyl (C=O) groups excluding carboxylic acids is 2. The molecule has 1 saturated carbocycles. The average Bonchev–Trinajstić information content (AvgIpc) is 3.35. The Balaban J connectivity index is 1.70. The van der Waals surface area contributed by atoms with Crippen LogP contribution in [0.4, 0.5) is 5.69 Å². The molecule has 2 aromatic rings. The Morgan fingerprint density at radius 1 is 1.07 bits per heavy atom. The summed E-state index contributed by atoms with van der Waals surface area (Å²) in [6.45, 7) is 11.5. The van der Waals surface area contributed by atoms with E-state index in [1.807, 2.05) is 52.8 Å². The van der Waals surface area contributed by atoms with Gasteiger partial charge in [-0.1, -0.05) is 17.7 Å². The zero-order chi connectivity index (χ0) is 19.9. The maximum absolute atomic E-state index is 12.6. The van der Waals surface area contributed by atoms with Crippen molar-refractivity contribution in [2.45, 2.75) is 66.5 Å². The van der Waals surface area contributed by atoms with Gasteiger partial charge in [0.05, 0.1) is 5.56 Å². The summed E-state index contributed by atoms with van der Waals surface area (Å²) in [5.41, 5.74) is 6.43. The zero-order valence-corrected chi connectivity index (χ0v) is 17.0. The van der Waals surface area contributed by atoms with Crippen LogP contribution < -0.4 is 5.32 Å². The maximum Gasteiger partial charge on any atom is 0.340 e. The van der Waals surface area contributed by atoms with Crippen molar-refractivity contribution in [1.82, 2.24) is 4.57 Å². The maximum atomic E-state index is 12.6. The van der Waals surface area contributed by atoms with Crippen molar-refractivity contribution in [3.63, 3.8) is 0 Å². The number of carbonyl (C=O) groups is 2. The Hall–Kier alpha value is -2.56. The number of hydrogen-bond donors (Lipinski definition) is 1. The van der Waals surface area contributed by atoms with Crippen molar-refractivity contribution in [3.05, 3.63) is 51.8 Å². The molecule has 1 aliphatic rings. The van der Waals surface area contributed by atoms with Crippen LogP contribution >= 0.6 is 0 Å². The highest BCUT2D eigenvalue weighted by Gasteiger charge is 2.29. The van der Waals surface area contributed by atoms with Gasteiger partial charge in [0.2, 0.25) is 0 Å². The van der Waals surface area contributed by atoms with Gasteiger partial charge in [0.1, 0.15) is 0 Å². The van der Waals surface area contributed by atoms with Crippen molar-refractivity contribution >= 4 is 17.6 Å². The molecule has 1 atom stereocenters. The van der Waals surface area contributed by atoms with Crippen LogP contribution in [0.1, 0.15) is 64.2 Å². The summed E-state index contributed by atoms with van der Waals surface area (Å²) in [5.74, 6) is -0.774. The lowest BCUT2D eigenvalue weighted by molar-refractivity contribution is -0.123. The number of nitrogens with zero attached hydrogens (tertiary/aromatic N) is 1. The van der Waals surface area contributed by atoms with Gasteiger partial charge in [-0.25, -0.2) is 4.79 Å². The van der Waals surface area contributed by atoms with E-state index in [1.54, 1.807) is 6.92 Å². The van der Waals surface area contributed by atoms with Gasteiger partial charge in [-0.05, 0) is 71.6 Å². The quantitative estimate of drug-likeness (QED) is 0.788. The van der Waals surface area contributed by atoms with Crippen molar-refractivity contribution < 1.29 is 14.3 Å². The fourth-order valence-electron chi connectivity index (χ4n) is 3.76. The molecule has 0 bridgehead atoms. The molecule has 1 fully saturated rings. The number of aromatic nitrogens is 1. The predicted octanol–water partition coefficient (Wildman–Crippen LogP) is 4.55. The lowest BCUT2D eigenvalue weighted by Gasteiger charge is -2.17. The number of hydrogen-bond acceptors (Lipinski definition) is 3. The van der Waals surface area contributed by atoms with E-state index in [2.05, 4.69) is 9.88 Å². The number of amides is 1. The summed E-state index contributed by atoms with van der Waals surface area (Å²) in [4.78, 5) is 25.2. The lowest BCUT2D eigenvalue weighted by atomic mass is 10.0. The molecule has 0 saturated heterocycles. The van der Waals surface area contributed by atoms with Crippen molar-refractivity contribution in [1.29, 1.82) is 0 Å². The summed E-state index contributed by atoms with van der Waals surface area (Å²) < 4.78 is 7.65. The van der Waals surface area contributed by atoms with Crippen LogP contribution in [-0.2, 0) is 9.53 Å². The third-order valence-corrected chi connectivity index (χ3v) is 5.19. The number of anilines is 1. The van der Waals surface area contributed by atoms with Crippen LogP contribution in [0.25, 0.3) is 0 Å². The third kappa shape index (κ3) is 3.92. The number of esters is 1. The van der Waals surface area contributed by atoms with E-state index in [0.29, 0.717) is 11.6 Å². The van der Waals surface area contributed by atoms with E-state index in [9.17, 15) is 9.59 Å². The van der Waals surface area contributed by atoms with Gasteiger partial charge in [-0.2, -0.15) is 0 Å². The van der Waals surface area contributed by atoms with Gasteiger partial charge in [0.15, 0.2) is 6.10 Å². The molecule has 0 radical (unpaired) electrons. The zero-order valence-electron chi connectivity index (χ0n) is 17.0. The Labute approximate surface area is 160 Å². The normalized spacial score (nSPS) is 14.7. The molecule has 3 rings (SSSR count). The van der Waals surface area contributed by atoms with Crippen LogP contribution in [0.3, 0.4) is 0 Å². The summed E-state index contributed by atoms with van der Waals surface area (Å²) >= 11 is 0. The molecule has 0 unspecified atom stereocenters. The topological polar surface area (TPSA) is 60.3 Å². The molecule has 1 amide bonds. The Morgan fingerprint density at radius 2 is 1.67 bits per heavy atom. The van der Waals surface area contributed by atoms with Crippen LogP contribution in [0, 0.1) is 34.6 Å². The lowest BCUT2D eigenvalue weighted by Crippen LogP contribution is -2.30. The number of rotatable bonds is 5. The Morgan fingerprint density at radius 3 is 2.22 bits per heavy atom. The number of nitrogens with one attached hydrogen (secondary N) is 1. The third-order valence-electron chi connectivity index (χ3n) is 5.19. The smallest absolute Gasteiger partial charge is 0.340 e. The molecule has 1 aromatic carbocycles. The molecule has 1 aromatic heterocycles. The molecule has 1 N–H and O–H groups in total. The van der Waals surface area contributed by atoms with Gasteiger partial charge in [-0.15, -0.1) is 0 Å². The molecule has 0 spiro atoms. The Kier molecular flexibility index (Phi) is 5.13. The molecule has 5 nitrogen and oxygen atoms in total. The van der Waals surface area contributed by atoms with Crippen molar-refractivity contribution in [3.8, 4) is 0 Å². The predicted molar refractivity (Wildman–Crippen MR) is 106 cm³/mol. The molecule has 144 valence electrons. The highest BCUT2D eigenvalue weighted by atomic mass is 16.5. The molecular formula is C22H28N2O3. The van der Waals surface area contributed by atoms with Crippen molar-refractivity contribution in [2.75, 3.05) is 5.32 Å². The van der Waals surface area contributed by atoms with E-state index >= 15 is 0 Å². The van der Waals surface area contributed by atoms with Crippen LogP contribution in [0.2, 0.25) is 0 Å². The van der Waals surface area contributed by atoms with Gasteiger partial charge < -0.3 is 14.6 Å². The first kappa shape index (κ1) is 19.2. The Bertz CT molecular complexity index is 884. The second-order valence-corrected chi connectivity index (χ2v) is 7.70. The first-order chi connectivity index (χ1) is 12.7. The molecule has 0 aliphatic heterocycles. The van der Waals surface area contributed by atoms with Gasteiger partial charge in [-0.3, -0.25) is 4.79 Å². The van der Waals surface area contributed by atoms with E-state index in [-0.39, 0.29) is 5.91 Å². The number of benzene rings is 1. The fourth-order valence-corrected chi connectivity index (χ4v) is 3.76. The molecule has 1 aliphatic carbocycles. The molecular weight excluding hydrogens is 340 g/mol. The van der Waals surface area contributed by atoms with Gasteiger partial charge in [0, 0.05) is 23.1 Å². The SMILES string of the molecule is Cc1cc(C)c(NC(=O)[C@@H](C)OC(=O)c2cc(C)n(C3CC3)c2C)c(C)c1. The second-order valence-electron chi connectivity index (χ2n) is 7.70. The van der Waals surface area contributed by atoms with Crippen LogP contribution in [0.5, 0.6) is 0 Å². The minimum atomic E-state index is -0.874. The fraction of sp³-hybridized carbons (Fsp3) is 0.455. The van der Waals surface area contributed by atoms with E-state index in [1.165, 1.54) is 0 Å². The first-order valence-electron chi connectivity index (χ1n) is 9.47. The minimum Gasteiger partial charge on any atom is -0.449 e. The van der Waals surface area contributed by atoms with Gasteiger partial charge in [0.25, 0.3) is 5.91 Å². The molecule has 1 heterocycles. The number of aryl methyl sites for hydroxylation is 4. The largest absolute Gasteiger partial charge is 0.449 e. The standard InChI is InChI=1S/C22H28N2O3/c1-12-9-13(2)20(14(3)10-12)23-21(25)17(6)27-22(26)19-11-15(4)24(16(19)5)18-7-8-18/h9-11,17-18H,7-8H2,1-6H3,(H,23,25)/t17-/m1/s1. The second kappa shape index (κ2) is 7.22. The highest BCUT2D eigenvalue weighted by molar-refractivity contribution is 5.98. The van der Waals surface area contributed by atoms with Gasteiger partial charge >= 0.3 is 5.97 Å². The minimum absolute atomic E-state index is 0.325. The molecule has 27 heavy (non-hydrogen) atoms. The average molecular weight is 368 g/mol. The molecule has 5 heteroatoms. The van der Waals surface area contributed by atoms with E-state index in [4.69, 9.17) is 4.74 Å². The van der Waals surface area contributed by atoms with E-state index in [0.717, 1.165) is 46.6 Å². The number of ether oxygens (including phenoxy) is 1. The monoisotopic (exact) mass is 368 g/mol. The highest BCUT2D eigenvalue weighted by Crippen LogP contribution is 2.38. The summed E-state index contributed by atoms with van der Waals surface area (Å²) in [6, 6.07) is 6.40.